The molecule has 0 unspecified atom stereocenters. The lowest BCUT2D eigenvalue weighted by Crippen LogP contribution is -2.14. The number of nitrogen functional groups attached to an aromatic ring is 1. The molecule has 0 saturated heterocycles. The van der Waals surface area contributed by atoms with E-state index in [1.165, 1.54) is 24.3 Å². The number of benzene rings is 2. The molecule has 3 N–H and O–H groups in total. The fourth-order valence-corrected chi connectivity index (χ4v) is 3.26. The molecule has 2 aromatic carbocycles. The molecule has 0 aliphatic carbocycles. The van der Waals surface area contributed by atoms with Gasteiger partial charge in [-0.25, -0.2) is 12.8 Å². The number of hydrogen-bond acceptors (Lipinski definition) is 3. The van der Waals surface area contributed by atoms with Gasteiger partial charge in [-0.15, -0.1) is 0 Å². The molecule has 4 nitrogen and oxygen atoms in total. The Labute approximate surface area is 128 Å². The van der Waals surface area contributed by atoms with E-state index in [9.17, 15) is 12.8 Å². The van der Waals surface area contributed by atoms with Gasteiger partial charge < -0.3 is 5.73 Å². The molecule has 2 aromatic rings. The normalized spacial score (nSPS) is 11.3. The zero-order valence-electron chi connectivity index (χ0n) is 9.90. The van der Waals surface area contributed by atoms with Crippen LogP contribution in [0.4, 0.5) is 15.8 Å². The molecular weight excluding hydrogens is 371 g/mol. The van der Waals surface area contributed by atoms with Crippen LogP contribution in [0, 0.1) is 5.82 Å². The number of nitrogens with two attached hydrogens (primary N) is 1. The number of nitrogens with one attached hydrogen (secondary N) is 1. The molecule has 0 aliphatic rings. The molecule has 0 aliphatic heterocycles. The summed E-state index contributed by atoms with van der Waals surface area (Å²) in [5.74, 6) is -0.627. The summed E-state index contributed by atoms with van der Waals surface area (Å²) in [6, 6.07) is 7.93. The maximum absolute atomic E-state index is 13.0. The summed E-state index contributed by atoms with van der Waals surface area (Å²) in [7, 11) is -3.87. The fraction of sp³-hybridized carbons (Fsp3) is 0. The van der Waals surface area contributed by atoms with Crippen LogP contribution in [0.5, 0.6) is 0 Å². The third-order valence-electron chi connectivity index (χ3n) is 2.43. The summed E-state index contributed by atoms with van der Waals surface area (Å²) in [5.41, 5.74) is 5.93. The van der Waals surface area contributed by atoms with Gasteiger partial charge in [-0.05, 0) is 36.4 Å². The molecule has 0 amide bonds. The smallest absolute Gasteiger partial charge is 0.263 e. The Morgan fingerprint density at radius 2 is 1.90 bits per heavy atom. The van der Waals surface area contributed by atoms with Crippen molar-refractivity contribution in [3.8, 4) is 0 Å². The van der Waals surface area contributed by atoms with E-state index in [2.05, 4.69) is 20.7 Å². The zero-order chi connectivity index (χ0) is 14.9. The molecule has 0 heterocycles. The predicted molar refractivity (Wildman–Crippen MR) is 80.8 cm³/mol. The minimum absolute atomic E-state index is 0.0684. The molecule has 2 rings (SSSR count). The van der Waals surface area contributed by atoms with Crippen LogP contribution in [-0.4, -0.2) is 8.42 Å². The molecule has 0 bridgehead atoms. The Morgan fingerprint density at radius 3 is 2.50 bits per heavy atom. The number of rotatable bonds is 3. The van der Waals surface area contributed by atoms with Crippen LogP contribution in [0.3, 0.4) is 0 Å². The minimum atomic E-state index is -3.87. The third kappa shape index (κ3) is 3.23. The highest BCUT2D eigenvalue weighted by Crippen LogP contribution is 2.26. The zero-order valence-corrected chi connectivity index (χ0v) is 13.1. The van der Waals surface area contributed by atoms with Crippen molar-refractivity contribution in [2.75, 3.05) is 10.5 Å². The van der Waals surface area contributed by atoms with Crippen LogP contribution in [0.1, 0.15) is 0 Å². The van der Waals surface area contributed by atoms with Crippen LogP contribution >= 0.6 is 27.5 Å². The molecule has 0 saturated carbocycles. The van der Waals surface area contributed by atoms with Crippen molar-refractivity contribution in [2.45, 2.75) is 4.90 Å². The predicted octanol–water partition coefficient (Wildman–Crippen LogP) is 3.62. The Morgan fingerprint density at radius 1 is 1.20 bits per heavy atom. The molecule has 0 fully saturated rings. The van der Waals surface area contributed by atoms with Gasteiger partial charge in [-0.2, -0.15) is 0 Å². The second-order valence-corrected chi connectivity index (χ2v) is 6.89. The van der Waals surface area contributed by atoms with Gasteiger partial charge in [0.05, 0.1) is 16.4 Å². The maximum Gasteiger partial charge on any atom is 0.263 e. The summed E-state index contributed by atoms with van der Waals surface area (Å²) in [6.07, 6.45) is 0. The second kappa shape index (κ2) is 5.59. The molecule has 0 atom stereocenters. The quantitative estimate of drug-likeness (QED) is 0.800. The van der Waals surface area contributed by atoms with Gasteiger partial charge in [0.2, 0.25) is 0 Å². The van der Waals surface area contributed by atoms with E-state index >= 15 is 0 Å². The van der Waals surface area contributed by atoms with E-state index in [0.29, 0.717) is 4.47 Å². The van der Waals surface area contributed by atoms with E-state index in [-0.39, 0.29) is 21.3 Å². The van der Waals surface area contributed by atoms with Gasteiger partial charge in [-0.1, -0.05) is 27.5 Å². The van der Waals surface area contributed by atoms with Crippen LogP contribution in [0.15, 0.2) is 45.8 Å². The number of sulfonamides is 1. The van der Waals surface area contributed by atoms with Gasteiger partial charge in [0.25, 0.3) is 10.0 Å². The van der Waals surface area contributed by atoms with Crippen LogP contribution in [-0.2, 0) is 10.0 Å². The fourth-order valence-electron chi connectivity index (χ4n) is 1.53. The first kappa shape index (κ1) is 15.1. The van der Waals surface area contributed by atoms with E-state index < -0.39 is 15.8 Å². The summed E-state index contributed by atoms with van der Waals surface area (Å²) < 4.78 is 40.4. The SMILES string of the molecule is Nc1cc(Br)ccc1S(=O)(=O)Nc1ccc(F)c(Cl)c1. The van der Waals surface area contributed by atoms with Gasteiger partial charge >= 0.3 is 0 Å². The Balaban J connectivity index is 2.38. The first-order valence-electron chi connectivity index (χ1n) is 5.32. The summed E-state index contributed by atoms with van der Waals surface area (Å²) in [4.78, 5) is -0.0684. The molecule has 0 radical (unpaired) electrons. The van der Waals surface area contributed by atoms with Crippen LogP contribution < -0.4 is 10.5 Å². The first-order valence-corrected chi connectivity index (χ1v) is 7.98. The van der Waals surface area contributed by atoms with Crippen molar-refractivity contribution >= 4 is 48.9 Å². The topological polar surface area (TPSA) is 72.2 Å². The Bertz CT molecular complexity index is 768. The molecule has 106 valence electrons. The monoisotopic (exact) mass is 378 g/mol. The average Bonchev–Trinajstić information content (AvgIpc) is 2.33. The lowest BCUT2D eigenvalue weighted by atomic mass is 10.3. The van der Waals surface area contributed by atoms with Gasteiger partial charge in [0.15, 0.2) is 0 Å². The van der Waals surface area contributed by atoms with E-state index in [1.807, 2.05) is 0 Å². The lowest BCUT2D eigenvalue weighted by Gasteiger charge is -2.10. The van der Waals surface area contributed by atoms with Crippen LogP contribution in [0.25, 0.3) is 0 Å². The van der Waals surface area contributed by atoms with Gasteiger partial charge in [0.1, 0.15) is 10.7 Å². The molecule has 0 aromatic heterocycles. The summed E-state index contributed by atoms with van der Waals surface area (Å²) >= 11 is 8.79. The average molecular weight is 380 g/mol. The molecule has 8 heteroatoms. The number of hydrogen-bond donors (Lipinski definition) is 2. The Kier molecular flexibility index (Phi) is 4.22. The van der Waals surface area contributed by atoms with Crippen molar-refractivity contribution in [3.05, 3.63) is 51.7 Å². The van der Waals surface area contributed by atoms with E-state index in [0.717, 1.165) is 6.07 Å². The standard InChI is InChI=1S/C12H9BrClFN2O2S/c13-7-1-4-12(11(16)5-7)20(18,19)17-8-2-3-10(15)9(14)6-8/h1-6,17H,16H2. The van der Waals surface area contributed by atoms with E-state index in [4.69, 9.17) is 17.3 Å². The third-order valence-corrected chi connectivity index (χ3v) is 4.67. The van der Waals surface area contributed by atoms with Crippen LogP contribution in [0.2, 0.25) is 5.02 Å². The minimum Gasteiger partial charge on any atom is -0.398 e. The molecular formula is C12H9BrClFN2O2S. The highest BCUT2D eigenvalue weighted by atomic mass is 79.9. The lowest BCUT2D eigenvalue weighted by molar-refractivity contribution is 0.601. The number of halogens is 3. The Hall–Kier alpha value is -1.31. The highest BCUT2D eigenvalue weighted by molar-refractivity contribution is 9.10. The van der Waals surface area contributed by atoms with Crippen molar-refractivity contribution in [2.24, 2.45) is 0 Å². The van der Waals surface area contributed by atoms with Crippen molar-refractivity contribution in [3.63, 3.8) is 0 Å². The maximum atomic E-state index is 13.0. The van der Waals surface area contributed by atoms with Crippen molar-refractivity contribution in [1.82, 2.24) is 0 Å². The second-order valence-electron chi connectivity index (χ2n) is 3.92. The first-order chi connectivity index (χ1) is 9.29. The van der Waals surface area contributed by atoms with Crippen molar-refractivity contribution < 1.29 is 12.8 Å². The molecule has 0 spiro atoms. The van der Waals surface area contributed by atoms with E-state index in [1.54, 1.807) is 6.07 Å². The summed E-state index contributed by atoms with van der Waals surface area (Å²) in [6.45, 7) is 0. The van der Waals surface area contributed by atoms with Gasteiger partial charge in [0, 0.05) is 4.47 Å². The number of anilines is 2. The largest absolute Gasteiger partial charge is 0.398 e. The highest BCUT2D eigenvalue weighted by Gasteiger charge is 2.18. The molecule has 20 heavy (non-hydrogen) atoms. The van der Waals surface area contributed by atoms with Crippen molar-refractivity contribution in [1.29, 1.82) is 0 Å². The summed E-state index contributed by atoms with van der Waals surface area (Å²) in [5, 5.41) is -0.172. The van der Waals surface area contributed by atoms with Gasteiger partial charge in [-0.3, -0.25) is 4.72 Å².